The average Bonchev–Trinajstić information content (AvgIpc) is 2.37. The highest BCUT2D eigenvalue weighted by molar-refractivity contribution is 6.17. The molecule has 0 radical (unpaired) electrons. The van der Waals surface area contributed by atoms with Gasteiger partial charge in [0.15, 0.2) is 0 Å². The molecule has 0 saturated heterocycles. The zero-order valence-electron chi connectivity index (χ0n) is 9.51. The maximum Gasteiger partial charge on any atom is 0.433 e. The Morgan fingerprint density at radius 1 is 1.05 bits per heavy atom. The molecule has 2 rings (SSSR count). The van der Waals surface area contributed by atoms with Crippen LogP contribution in [0.3, 0.4) is 0 Å². The lowest BCUT2D eigenvalue weighted by atomic mass is 10.1. The summed E-state index contributed by atoms with van der Waals surface area (Å²) < 4.78 is 51.5. The van der Waals surface area contributed by atoms with E-state index in [9.17, 15) is 17.6 Å². The summed E-state index contributed by atoms with van der Waals surface area (Å²) in [6.45, 7) is 0. The molecule has 0 fully saturated rings. The van der Waals surface area contributed by atoms with Crippen molar-refractivity contribution in [2.24, 2.45) is 0 Å². The predicted molar refractivity (Wildman–Crippen MR) is 64.2 cm³/mol. The lowest BCUT2D eigenvalue weighted by Gasteiger charge is -2.11. The molecule has 2 aromatic rings. The molecule has 1 heterocycles. The van der Waals surface area contributed by atoms with Crippen LogP contribution in [-0.4, -0.2) is 4.98 Å². The Kier molecular flexibility index (Phi) is 3.75. The summed E-state index contributed by atoms with van der Waals surface area (Å²) in [4.78, 5) is 3.50. The number of halogens is 5. The molecule has 0 aliphatic rings. The monoisotopic (exact) mass is 289 g/mol. The maximum atomic E-state index is 13.7. The number of hydrogen-bond acceptors (Lipinski definition) is 1. The predicted octanol–water partition coefficient (Wildman–Crippen LogP) is 4.65. The second-order valence-corrected chi connectivity index (χ2v) is 4.08. The number of alkyl halides is 4. The number of nitrogens with zero attached hydrogens (tertiary/aromatic N) is 1. The minimum atomic E-state index is -4.58. The van der Waals surface area contributed by atoms with Crippen LogP contribution in [0.1, 0.15) is 11.3 Å². The molecule has 0 aliphatic carbocycles. The van der Waals surface area contributed by atoms with Crippen molar-refractivity contribution in [2.45, 2.75) is 12.1 Å². The van der Waals surface area contributed by atoms with Gasteiger partial charge in [-0.2, -0.15) is 13.2 Å². The van der Waals surface area contributed by atoms with Gasteiger partial charge >= 0.3 is 6.18 Å². The van der Waals surface area contributed by atoms with Crippen molar-refractivity contribution >= 4 is 11.6 Å². The second kappa shape index (κ2) is 5.17. The molecule has 0 spiro atoms. The Hall–Kier alpha value is -1.62. The molecule has 0 bridgehead atoms. The molecule has 6 heteroatoms. The fraction of sp³-hybridized carbons (Fsp3) is 0.154. The van der Waals surface area contributed by atoms with Gasteiger partial charge in [0, 0.05) is 11.4 Å². The minimum Gasteiger partial charge on any atom is -0.243 e. The van der Waals surface area contributed by atoms with Gasteiger partial charge in [-0.1, -0.05) is 18.2 Å². The van der Waals surface area contributed by atoms with Gasteiger partial charge in [-0.25, -0.2) is 9.37 Å². The Bertz CT molecular complexity index is 595. The van der Waals surface area contributed by atoms with Crippen LogP contribution < -0.4 is 0 Å². The van der Waals surface area contributed by atoms with Crippen LogP contribution in [0.5, 0.6) is 0 Å². The largest absolute Gasteiger partial charge is 0.433 e. The average molecular weight is 290 g/mol. The van der Waals surface area contributed by atoms with E-state index in [0.29, 0.717) is 5.56 Å². The first-order valence-electron chi connectivity index (χ1n) is 5.31. The van der Waals surface area contributed by atoms with E-state index < -0.39 is 17.7 Å². The van der Waals surface area contributed by atoms with Crippen molar-refractivity contribution < 1.29 is 17.6 Å². The SMILES string of the molecule is Fc1ccccc1-c1nc(C(F)(F)F)ccc1CCl. The normalized spacial score (nSPS) is 11.6. The Labute approximate surface area is 111 Å². The second-order valence-electron chi connectivity index (χ2n) is 3.82. The third-order valence-corrected chi connectivity index (χ3v) is 2.83. The van der Waals surface area contributed by atoms with Crippen LogP contribution >= 0.6 is 11.6 Å². The topological polar surface area (TPSA) is 12.9 Å². The highest BCUT2D eigenvalue weighted by Gasteiger charge is 2.33. The zero-order valence-corrected chi connectivity index (χ0v) is 10.3. The van der Waals surface area contributed by atoms with Crippen molar-refractivity contribution in [1.82, 2.24) is 4.98 Å². The van der Waals surface area contributed by atoms with Crippen molar-refractivity contribution in [3.8, 4) is 11.3 Å². The third-order valence-electron chi connectivity index (χ3n) is 2.54. The molecule has 0 unspecified atom stereocenters. The van der Waals surface area contributed by atoms with E-state index in [1.807, 2.05) is 0 Å². The first-order chi connectivity index (χ1) is 8.93. The lowest BCUT2D eigenvalue weighted by molar-refractivity contribution is -0.141. The molecule has 0 N–H and O–H groups in total. The van der Waals surface area contributed by atoms with Crippen LogP contribution in [0.4, 0.5) is 17.6 Å². The molecule has 1 aromatic carbocycles. The molecule has 0 amide bonds. The summed E-state index contributed by atoms with van der Waals surface area (Å²) in [6, 6.07) is 7.56. The van der Waals surface area contributed by atoms with E-state index in [2.05, 4.69) is 4.98 Å². The van der Waals surface area contributed by atoms with Gasteiger partial charge in [0.05, 0.1) is 5.69 Å². The summed E-state index contributed by atoms with van der Waals surface area (Å²) in [5.41, 5.74) is -0.799. The smallest absolute Gasteiger partial charge is 0.243 e. The third kappa shape index (κ3) is 2.87. The molecular weight excluding hydrogens is 282 g/mol. The maximum absolute atomic E-state index is 13.7. The quantitative estimate of drug-likeness (QED) is 0.579. The van der Waals surface area contributed by atoms with E-state index >= 15 is 0 Å². The molecule has 100 valence electrons. The van der Waals surface area contributed by atoms with Crippen molar-refractivity contribution in [1.29, 1.82) is 0 Å². The van der Waals surface area contributed by atoms with Crippen molar-refractivity contribution in [3.05, 3.63) is 53.5 Å². The Balaban J connectivity index is 2.64. The van der Waals surface area contributed by atoms with Crippen LogP contribution in [0.25, 0.3) is 11.3 Å². The number of hydrogen-bond donors (Lipinski definition) is 0. The zero-order chi connectivity index (χ0) is 14.0. The summed E-state index contributed by atoms with van der Waals surface area (Å²) in [7, 11) is 0. The molecule has 0 atom stereocenters. The van der Waals surface area contributed by atoms with Crippen molar-refractivity contribution in [3.63, 3.8) is 0 Å². The molecular formula is C13H8ClF4N. The summed E-state index contributed by atoms with van der Waals surface area (Å²) >= 11 is 5.66. The molecule has 1 nitrogen and oxygen atoms in total. The minimum absolute atomic E-state index is 0.00394. The van der Waals surface area contributed by atoms with Gasteiger partial charge in [-0.05, 0) is 23.8 Å². The highest BCUT2D eigenvalue weighted by Crippen LogP contribution is 2.32. The fourth-order valence-corrected chi connectivity index (χ4v) is 1.86. The number of pyridine rings is 1. The summed E-state index contributed by atoms with van der Waals surface area (Å²) in [6.07, 6.45) is -4.58. The van der Waals surface area contributed by atoms with Gasteiger partial charge in [0.1, 0.15) is 11.5 Å². The number of aromatic nitrogens is 1. The molecule has 19 heavy (non-hydrogen) atoms. The summed E-state index contributed by atoms with van der Waals surface area (Å²) in [5.74, 6) is -0.685. The Morgan fingerprint density at radius 3 is 2.32 bits per heavy atom. The molecule has 0 saturated carbocycles. The van der Waals surface area contributed by atoms with Crippen LogP contribution in [0, 0.1) is 5.82 Å². The van der Waals surface area contributed by atoms with E-state index in [1.54, 1.807) is 0 Å². The van der Waals surface area contributed by atoms with Gasteiger partial charge in [0.25, 0.3) is 0 Å². The number of rotatable bonds is 2. The van der Waals surface area contributed by atoms with Crippen LogP contribution in [-0.2, 0) is 12.1 Å². The molecule has 1 aromatic heterocycles. The first-order valence-corrected chi connectivity index (χ1v) is 5.85. The van der Waals surface area contributed by atoms with Gasteiger partial charge in [0.2, 0.25) is 0 Å². The van der Waals surface area contributed by atoms with E-state index in [4.69, 9.17) is 11.6 Å². The van der Waals surface area contributed by atoms with E-state index in [-0.39, 0.29) is 17.1 Å². The van der Waals surface area contributed by atoms with Crippen molar-refractivity contribution in [2.75, 3.05) is 0 Å². The van der Waals surface area contributed by atoms with Gasteiger partial charge < -0.3 is 0 Å². The van der Waals surface area contributed by atoms with E-state index in [0.717, 1.165) is 12.1 Å². The van der Waals surface area contributed by atoms with Gasteiger partial charge in [-0.3, -0.25) is 0 Å². The standard InChI is InChI=1S/C13H8ClF4N/c14-7-8-5-6-11(13(16,17)18)19-12(8)9-3-1-2-4-10(9)15/h1-6H,7H2. The number of benzene rings is 1. The van der Waals surface area contributed by atoms with E-state index in [1.165, 1.54) is 24.3 Å². The summed E-state index contributed by atoms with van der Waals surface area (Å²) in [5, 5.41) is 0. The van der Waals surface area contributed by atoms with Crippen LogP contribution in [0.15, 0.2) is 36.4 Å². The van der Waals surface area contributed by atoms with Gasteiger partial charge in [-0.15, -0.1) is 11.6 Å². The molecule has 0 aliphatic heterocycles. The lowest BCUT2D eigenvalue weighted by Crippen LogP contribution is -2.09. The first kappa shape index (κ1) is 13.8. The Morgan fingerprint density at radius 2 is 1.74 bits per heavy atom. The highest BCUT2D eigenvalue weighted by atomic mass is 35.5. The fourth-order valence-electron chi connectivity index (χ4n) is 1.64. The van der Waals surface area contributed by atoms with Crippen LogP contribution in [0.2, 0.25) is 0 Å².